The van der Waals surface area contributed by atoms with E-state index in [9.17, 15) is 4.79 Å². The summed E-state index contributed by atoms with van der Waals surface area (Å²) in [6, 6.07) is 0. The van der Waals surface area contributed by atoms with Crippen LogP contribution in [0.5, 0.6) is 0 Å². The van der Waals surface area contributed by atoms with Gasteiger partial charge in [-0.25, -0.2) is 9.79 Å². The van der Waals surface area contributed by atoms with Gasteiger partial charge in [-0.3, -0.25) is 0 Å². The number of unbranched alkanes of at least 4 members (excludes halogenated alkanes) is 6. The average molecular weight is 181 g/mol. The number of carbonyl (C=O) groups excluding carboxylic acids is 1. The summed E-state index contributed by atoms with van der Waals surface area (Å²) in [7, 11) is 0. The lowest BCUT2D eigenvalue weighted by atomic mass is 10.1. The Kier molecular flexibility index (Phi) is 10.4. The summed E-state index contributed by atoms with van der Waals surface area (Å²) in [6.45, 7) is 4.33. The van der Waals surface area contributed by atoms with Crippen LogP contribution in [0.2, 0.25) is 0 Å². The normalized spacial score (nSPS) is 9.23. The van der Waals surface area contributed by atoms with Crippen LogP contribution in [0.25, 0.3) is 0 Å². The fourth-order valence-electron chi connectivity index (χ4n) is 1.23. The van der Waals surface area contributed by atoms with Crippen molar-refractivity contribution in [1.82, 2.24) is 0 Å². The standard InChI is InChI=1S/C11H19NO/c1-2-3-4-5-6-7-8-9-10-12-11-13/h2H,1,3-10H2. The first-order valence-electron chi connectivity index (χ1n) is 5.06. The maximum absolute atomic E-state index is 9.71. The molecule has 0 aliphatic carbocycles. The van der Waals surface area contributed by atoms with E-state index in [4.69, 9.17) is 0 Å². The molecule has 0 amide bonds. The molecular weight excluding hydrogens is 162 g/mol. The van der Waals surface area contributed by atoms with Gasteiger partial charge >= 0.3 is 0 Å². The molecule has 0 aromatic rings. The molecule has 0 fully saturated rings. The minimum Gasteiger partial charge on any atom is -0.211 e. The van der Waals surface area contributed by atoms with Crippen molar-refractivity contribution in [2.75, 3.05) is 6.54 Å². The number of hydrogen-bond donors (Lipinski definition) is 0. The predicted octanol–water partition coefficient (Wildman–Crippen LogP) is 3.24. The lowest BCUT2D eigenvalue weighted by molar-refractivity contribution is 0.559. The van der Waals surface area contributed by atoms with Gasteiger partial charge in [0, 0.05) is 0 Å². The molecule has 0 spiro atoms. The van der Waals surface area contributed by atoms with Crippen LogP contribution in [0, 0.1) is 0 Å². The summed E-state index contributed by atoms with van der Waals surface area (Å²) in [6.07, 6.45) is 12.0. The zero-order valence-electron chi connectivity index (χ0n) is 8.30. The van der Waals surface area contributed by atoms with E-state index in [1.807, 2.05) is 6.08 Å². The molecule has 0 unspecified atom stereocenters. The quantitative estimate of drug-likeness (QED) is 0.232. The maximum Gasteiger partial charge on any atom is 0.234 e. The van der Waals surface area contributed by atoms with E-state index in [2.05, 4.69) is 11.6 Å². The van der Waals surface area contributed by atoms with E-state index < -0.39 is 0 Å². The van der Waals surface area contributed by atoms with E-state index in [-0.39, 0.29) is 0 Å². The minimum atomic E-state index is 0.649. The molecule has 0 radical (unpaired) electrons. The van der Waals surface area contributed by atoms with Crippen LogP contribution in [0.1, 0.15) is 44.9 Å². The van der Waals surface area contributed by atoms with Crippen molar-refractivity contribution in [2.24, 2.45) is 4.99 Å². The zero-order valence-corrected chi connectivity index (χ0v) is 8.30. The van der Waals surface area contributed by atoms with Crippen LogP contribution in [0.15, 0.2) is 17.6 Å². The fourth-order valence-corrected chi connectivity index (χ4v) is 1.23. The molecule has 0 aliphatic heterocycles. The molecule has 74 valence electrons. The van der Waals surface area contributed by atoms with E-state index in [0.717, 1.165) is 12.8 Å². The first-order valence-corrected chi connectivity index (χ1v) is 5.06. The largest absolute Gasteiger partial charge is 0.234 e. The Labute approximate surface area is 80.8 Å². The Balaban J connectivity index is 2.90. The highest BCUT2D eigenvalue weighted by Crippen LogP contribution is 2.07. The maximum atomic E-state index is 9.71. The number of rotatable bonds is 9. The smallest absolute Gasteiger partial charge is 0.211 e. The first kappa shape index (κ1) is 12.1. The lowest BCUT2D eigenvalue weighted by Gasteiger charge is -1.98. The summed E-state index contributed by atoms with van der Waals surface area (Å²) >= 11 is 0. The molecule has 0 aromatic carbocycles. The molecule has 0 saturated heterocycles. The Morgan fingerprint density at radius 1 is 1.08 bits per heavy atom. The summed E-state index contributed by atoms with van der Waals surface area (Å²) in [5.74, 6) is 0. The molecule has 0 aliphatic rings. The van der Waals surface area contributed by atoms with Crippen molar-refractivity contribution < 1.29 is 4.79 Å². The van der Waals surface area contributed by atoms with E-state index >= 15 is 0 Å². The van der Waals surface area contributed by atoms with Gasteiger partial charge in [0.25, 0.3) is 0 Å². The topological polar surface area (TPSA) is 29.4 Å². The third-order valence-corrected chi connectivity index (χ3v) is 1.99. The van der Waals surface area contributed by atoms with Crippen LogP contribution < -0.4 is 0 Å². The fraction of sp³-hybridized carbons (Fsp3) is 0.727. The van der Waals surface area contributed by atoms with Crippen molar-refractivity contribution >= 4 is 6.08 Å². The van der Waals surface area contributed by atoms with Crippen molar-refractivity contribution in [3.8, 4) is 0 Å². The van der Waals surface area contributed by atoms with Gasteiger partial charge in [-0.15, -0.1) is 6.58 Å². The third kappa shape index (κ3) is 11.1. The molecule has 0 N–H and O–H groups in total. The SMILES string of the molecule is C=CCCCCCCCCN=C=O. The van der Waals surface area contributed by atoms with Gasteiger partial charge < -0.3 is 0 Å². The van der Waals surface area contributed by atoms with Crippen molar-refractivity contribution in [1.29, 1.82) is 0 Å². The summed E-state index contributed by atoms with van der Waals surface area (Å²) < 4.78 is 0. The highest BCUT2D eigenvalue weighted by atomic mass is 16.1. The molecule has 0 heterocycles. The van der Waals surface area contributed by atoms with Gasteiger partial charge in [-0.05, 0) is 19.3 Å². The Hall–Kier alpha value is -0.880. The highest BCUT2D eigenvalue weighted by Gasteiger charge is 1.89. The Morgan fingerprint density at radius 3 is 2.31 bits per heavy atom. The summed E-state index contributed by atoms with van der Waals surface area (Å²) in [4.78, 5) is 13.2. The van der Waals surface area contributed by atoms with Gasteiger partial charge in [-0.2, -0.15) is 0 Å². The molecular formula is C11H19NO. The molecule has 0 atom stereocenters. The number of aliphatic imine (C=N–C) groups is 1. The monoisotopic (exact) mass is 181 g/mol. The highest BCUT2D eigenvalue weighted by molar-refractivity contribution is 5.32. The average Bonchev–Trinajstić information content (AvgIpc) is 2.16. The molecule has 2 heteroatoms. The molecule has 13 heavy (non-hydrogen) atoms. The minimum absolute atomic E-state index is 0.649. The number of allylic oxidation sites excluding steroid dienone is 1. The van der Waals surface area contributed by atoms with Gasteiger partial charge in [0.2, 0.25) is 6.08 Å². The molecule has 0 bridgehead atoms. The van der Waals surface area contributed by atoms with Crippen LogP contribution >= 0.6 is 0 Å². The van der Waals surface area contributed by atoms with Gasteiger partial charge in [0.15, 0.2) is 0 Å². The number of isocyanates is 1. The van der Waals surface area contributed by atoms with Crippen molar-refractivity contribution in [2.45, 2.75) is 44.9 Å². The number of hydrogen-bond acceptors (Lipinski definition) is 2. The summed E-state index contributed by atoms with van der Waals surface area (Å²) in [5, 5.41) is 0. The third-order valence-electron chi connectivity index (χ3n) is 1.99. The molecule has 0 aromatic heterocycles. The van der Waals surface area contributed by atoms with Crippen LogP contribution in [-0.4, -0.2) is 12.6 Å². The van der Waals surface area contributed by atoms with Gasteiger partial charge in [0.1, 0.15) is 0 Å². The van der Waals surface area contributed by atoms with E-state index in [1.165, 1.54) is 32.1 Å². The van der Waals surface area contributed by atoms with Crippen LogP contribution in [0.4, 0.5) is 0 Å². The van der Waals surface area contributed by atoms with E-state index in [1.54, 1.807) is 6.08 Å². The first-order chi connectivity index (χ1) is 6.41. The second kappa shape index (κ2) is 11.1. The zero-order chi connectivity index (χ0) is 9.78. The van der Waals surface area contributed by atoms with Crippen LogP contribution in [0.3, 0.4) is 0 Å². The Bertz CT molecular complexity index is 159. The second-order valence-corrected chi connectivity index (χ2v) is 3.17. The molecule has 2 nitrogen and oxygen atoms in total. The van der Waals surface area contributed by atoms with E-state index in [0.29, 0.717) is 6.54 Å². The van der Waals surface area contributed by atoms with Crippen molar-refractivity contribution in [3.05, 3.63) is 12.7 Å². The van der Waals surface area contributed by atoms with Crippen LogP contribution in [-0.2, 0) is 4.79 Å². The Morgan fingerprint density at radius 2 is 1.69 bits per heavy atom. The summed E-state index contributed by atoms with van der Waals surface area (Å²) in [5.41, 5.74) is 0. The second-order valence-electron chi connectivity index (χ2n) is 3.17. The van der Waals surface area contributed by atoms with Gasteiger partial charge in [-0.1, -0.05) is 31.8 Å². The van der Waals surface area contributed by atoms with Gasteiger partial charge in [0.05, 0.1) is 6.54 Å². The lowest BCUT2D eigenvalue weighted by Crippen LogP contribution is -1.82. The number of nitrogens with zero attached hydrogens (tertiary/aromatic N) is 1. The predicted molar refractivity (Wildman–Crippen MR) is 55.5 cm³/mol. The van der Waals surface area contributed by atoms with Crippen molar-refractivity contribution in [3.63, 3.8) is 0 Å². The molecule has 0 rings (SSSR count). The molecule has 0 saturated carbocycles.